The lowest BCUT2D eigenvalue weighted by molar-refractivity contribution is 0.194. The largest absolute Gasteiger partial charge is 0.490 e. The molecule has 1 aromatic carbocycles. The number of carbonyl (C=O) groups is 1. The Morgan fingerprint density at radius 3 is 2.81 bits per heavy atom. The second-order valence-corrected chi connectivity index (χ2v) is 3.49. The number of hydrogen-bond donors (Lipinski definition) is 2. The molecule has 0 aliphatic carbocycles. The van der Waals surface area contributed by atoms with E-state index in [1.54, 1.807) is 12.1 Å². The van der Waals surface area contributed by atoms with Gasteiger partial charge in [0, 0.05) is 13.0 Å². The Morgan fingerprint density at radius 1 is 1.31 bits per heavy atom. The van der Waals surface area contributed by atoms with Crippen LogP contribution in [0.15, 0.2) is 18.2 Å². The predicted molar refractivity (Wildman–Crippen MR) is 56.9 cm³/mol. The van der Waals surface area contributed by atoms with Crippen LogP contribution >= 0.6 is 0 Å². The topological polar surface area (TPSA) is 67.8 Å². The molecule has 2 N–H and O–H groups in total. The summed E-state index contributed by atoms with van der Waals surface area (Å²) in [5.41, 5.74) is 0.853. The molecule has 86 valence electrons. The van der Waals surface area contributed by atoms with Crippen molar-refractivity contribution in [2.24, 2.45) is 0 Å². The Morgan fingerprint density at radius 2 is 2.06 bits per heavy atom. The molecule has 0 fully saturated rings. The van der Waals surface area contributed by atoms with Gasteiger partial charge >= 0.3 is 6.09 Å². The third kappa shape index (κ3) is 2.56. The van der Waals surface area contributed by atoms with Crippen molar-refractivity contribution in [1.82, 2.24) is 5.32 Å². The summed E-state index contributed by atoms with van der Waals surface area (Å²) in [7, 11) is 0. The van der Waals surface area contributed by atoms with E-state index in [0.29, 0.717) is 19.0 Å². The molecule has 0 aromatic heterocycles. The van der Waals surface area contributed by atoms with Gasteiger partial charge in [-0.3, -0.25) is 0 Å². The molecule has 0 saturated carbocycles. The number of rotatable bonds is 2. The van der Waals surface area contributed by atoms with Gasteiger partial charge in [0.2, 0.25) is 0 Å². The summed E-state index contributed by atoms with van der Waals surface area (Å²) >= 11 is 0. The van der Waals surface area contributed by atoms with Crippen molar-refractivity contribution >= 4 is 6.09 Å². The fourth-order valence-electron chi connectivity index (χ4n) is 1.50. The van der Waals surface area contributed by atoms with Crippen molar-refractivity contribution in [1.29, 1.82) is 0 Å². The number of amides is 1. The monoisotopic (exact) mass is 223 g/mol. The van der Waals surface area contributed by atoms with Crippen LogP contribution in [0.5, 0.6) is 11.5 Å². The van der Waals surface area contributed by atoms with Crippen molar-refractivity contribution < 1.29 is 19.4 Å². The van der Waals surface area contributed by atoms with Gasteiger partial charge in [-0.25, -0.2) is 4.79 Å². The van der Waals surface area contributed by atoms with E-state index in [4.69, 9.17) is 14.6 Å². The molecular weight excluding hydrogens is 210 g/mol. The zero-order valence-electron chi connectivity index (χ0n) is 8.73. The first-order valence-corrected chi connectivity index (χ1v) is 5.11. The molecule has 1 aliphatic rings. The van der Waals surface area contributed by atoms with E-state index in [-0.39, 0.29) is 6.54 Å². The van der Waals surface area contributed by atoms with Gasteiger partial charge in [0.05, 0.1) is 13.2 Å². The van der Waals surface area contributed by atoms with E-state index >= 15 is 0 Å². The molecule has 1 aliphatic heterocycles. The third-order valence-corrected chi connectivity index (χ3v) is 2.26. The summed E-state index contributed by atoms with van der Waals surface area (Å²) in [5, 5.41) is 10.8. The average Bonchev–Trinajstić information content (AvgIpc) is 2.50. The van der Waals surface area contributed by atoms with E-state index in [1.807, 2.05) is 6.07 Å². The minimum Gasteiger partial charge on any atom is -0.490 e. The van der Waals surface area contributed by atoms with Crippen LogP contribution in [0.1, 0.15) is 12.0 Å². The van der Waals surface area contributed by atoms with Gasteiger partial charge < -0.3 is 19.9 Å². The summed E-state index contributed by atoms with van der Waals surface area (Å²) < 4.78 is 11.0. The molecule has 0 atom stereocenters. The highest BCUT2D eigenvalue weighted by molar-refractivity contribution is 5.64. The molecule has 0 unspecified atom stereocenters. The summed E-state index contributed by atoms with van der Waals surface area (Å²) in [4.78, 5) is 10.3. The number of carboxylic acid groups (broad SMARTS) is 1. The zero-order valence-corrected chi connectivity index (χ0v) is 8.73. The molecule has 5 nitrogen and oxygen atoms in total. The number of hydrogen-bond acceptors (Lipinski definition) is 3. The van der Waals surface area contributed by atoms with E-state index in [0.717, 1.165) is 17.7 Å². The van der Waals surface area contributed by atoms with Crippen LogP contribution in [0.2, 0.25) is 0 Å². The van der Waals surface area contributed by atoms with Gasteiger partial charge in [-0.15, -0.1) is 0 Å². The number of benzene rings is 1. The first kappa shape index (κ1) is 10.6. The summed E-state index contributed by atoms with van der Waals surface area (Å²) in [6.45, 7) is 1.55. The Bertz CT molecular complexity index is 392. The maximum absolute atomic E-state index is 10.3. The quantitative estimate of drug-likeness (QED) is 0.799. The zero-order chi connectivity index (χ0) is 11.4. The van der Waals surface area contributed by atoms with Gasteiger partial charge in [0.15, 0.2) is 11.5 Å². The Kier molecular flexibility index (Phi) is 3.14. The minimum atomic E-state index is -1.04. The highest BCUT2D eigenvalue weighted by atomic mass is 16.5. The Labute approximate surface area is 93.0 Å². The molecule has 0 spiro atoms. The highest BCUT2D eigenvalue weighted by Gasteiger charge is 2.10. The minimum absolute atomic E-state index is 0.270. The molecule has 0 bridgehead atoms. The van der Waals surface area contributed by atoms with Crippen molar-refractivity contribution in [2.75, 3.05) is 13.2 Å². The van der Waals surface area contributed by atoms with Gasteiger partial charge in [-0.05, 0) is 17.7 Å². The van der Waals surface area contributed by atoms with Gasteiger partial charge in [-0.2, -0.15) is 0 Å². The van der Waals surface area contributed by atoms with Crippen molar-refractivity contribution in [3.8, 4) is 11.5 Å². The van der Waals surface area contributed by atoms with Crippen molar-refractivity contribution in [3.05, 3.63) is 23.8 Å². The van der Waals surface area contributed by atoms with Gasteiger partial charge in [0.25, 0.3) is 0 Å². The average molecular weight is 223 g/mol. The summed E-state index contributed by atoms with van der Waals surface area (Å²) in [5.74, 6) is 1.40. The van der Waals surface area contributed by atoms with Crippen LogP contribution < -0.4 is 14.8 Å². The van der Waals surface area contributed by atoms with Crippen LogP contribution in [-0.4, -0.2) is 24.4 Å². The van der Waals surface area contributed by atoms with Crippen molar-refractivity contribution in [3.63, 3.8) is 0 Å². The molecule has 1 amide bonds. The molecule has 2 rings (SSSR count). The first-order chi connectivity index (χ1) is 7.75. The second kappa shape index (κ2) is 4.74. The van der Waals surface area contributed by atoms with Crippen molar-refractivity contribution in [2.45, 2.75) is 13.0 Å². The molecule has 5 heteroatoms. The van der Waals surface area contributed by atoms with Crippen LogP contribution in [0.4, 0.5) is 4.79 Å². The maximum atomic E-state index is 10.3. The molecule has 16 heavy (non-hydrogen) atoms. The lowest BCUT2D eigenvalue weighted by atomic mass is 10.2. The molecule has 0 radical (unpaired) electrons. The lowest BCUT2D eigenvalue weighted by Crippen LogP contribution is -2.19. The van der Waals surface area contributed by atoms with E-state index in [2.05, 4.69) is 5.32 Å². The predicted octanol–water partition coefficient (Wildman–Crippen LogP) is 1.62. The Balaban J connectivity index is 2.11. The van der Waals surface area contributed by atoms with E-state index in [9.17, 15) is 4.79 Å². The lowest BCUT2D eigenvalue weighted by Gasteiger charge is -2.09. The Hall–Kier alpha value is -1.91. The molecular formula is C11H13NO4. The van der Waals surface area contributed by atoms with E-state index in [1.165, 1.54) is 0 Å². The fraction of sp³-hybridized carbons (Fsp3) is 0.364. The first-order valence-electron chi connectivity index (χ1n) is 5.11. The second-order valence-electron chi connectivity index (χ2n) is 3.49. The fourth-order valence-corrected chi connectivity index (χ4v) is 1.50. The van der Waals surface area contributed by atoms with Crippen LogP contribution in [0.3, 0.4) is 0 Å². The normalized spacial score (nSPS) is 14.0. The third-order valence-electron chi connectivity index (χ3n) is 2.26. The number of nitrogens with one attached hydrogen (secondary N) is 1. The van der Waals surface area contributed by atoms with E-state index < -0.39 is 6.09 Å². The molecule has 0 saturated heterocycles. The van der Waals surface area contributed by atoms with Crippen LogP contribution in [-0.2, 0) is 6.54 Å². The molecule has 1 aromatic rings. The SMILES string of the molecule is O=C(O)NCc1ccc2c(c1)OCCCO2. The highest BCUT2D eigenvalue weighted by Crippen LogP contribution is 2.30. The summed E-state index contributed by atoms with van der Waals surface area (Å²) in [6.07, 6.45) is -0.177. The summed E-state index contributed by atoms with van der Waals surface area (Å²) in [6, 6.07) is 5.43. The van der Waals surface area contributed by atoms with Gasteiger partial charge in [-0.1, -0.05) is 6.07 Å². The number of fused-ring (bicyclic) bond motifs is 1. The smallest absolute Gasteiger partial charge is 0.404 e. The molecule has 1 heterocycles. The standard InChI is InChI=1S/C11H13NO4/c13-11(14)12-7-8-2-3-9-10(6-8)16-5-1-4-15-9/h2-3,6,12H,1,4-5,7H2,(H,13,14). The van der Waals surface area contributed by atoms with Gasteiger partial charge in [0.1, 0.15) is 0 Å². The van der Waals surface area contributed by atoms with Crippen LogP contribution in [0, 0.1) is 0 Å². The van der Waals surface area contributed by atoms with Crippen LogP contribution in [0.25, 0.3) is 0 Å². The number of ether oxygens (including phenoxy) is 2. The maximum Gasteiger partial charge on any atom is 0.404 e.